The summed E-state index contributed by atoms with van der Waals surface area (Å²) in [7, 11) is 0. The zero-order valence-corrected chi connectivity index (χ0v) is 13.8. The topological polar surface area (TPSA) is 70.2 Å². The van der Waals surface area contributed by atoms with E-state index in [0.29, 0.717) is 15.5 Å². The molecule has 0 aliphatic carbocycles. The normalized spacial score (nSPS) is 11.5. The number of rotatable bonds is 4. The van der Waals surface area contributed by atoms with Crippen molar-refractivity contribution >= 4 is 40.9 Å². The molecule has 4 nitrogen and oxygen atoms in total. The molecule has 1 aromatic heterocycles. The van der Waals surface area contributed by atoms with Gasteiger partial charge in [-0.1, -0.05) is 35.5 Å². The van der Waals surface area contributed by atoms with Crippen LogP contribution in [-0.2, 0) is 5.38 Å². The number of carboxylic acids is 1. The average molecular weight is 380 g/mol. The number of carbonyl (C=O) groups is 1. The Balaban J connectivity index is 2.67. The summed E-state index contributed by atoms with van der Waals surface area (Å²) >= 11 is 11.8. The van der Waals surface area contributed by atoms with Crippen LogP contribution >= 0.6 is 35.0 Å². The van der Waals surface area contributed by atoms with Crippen molar-refractivity contribution in [2.45, 2.75) is 22.1 Å². The molecular weight excluding hydrogens is 371 g/mol. The van der Waals surface area contributed by atoms with E-state index in [2.05, 4.69) is 0 Å². The number of aryl methyl sites for hydroxylation is 1. The number of benzene rings is 1. The van der Waals surface area contributed by atoms with Gasteiger partial charge in [0.2, 0.25) is 0 Å². The number of carboxylic acid groups (broad SMARTS) is 1. The molecule has 0 fully saturated rings. The molecule has 0 radical (unpaired) electrons. The standard InChI is InChI=1S/C14H9Cl2F2NO3S/c1-6-3-2-4-7(15)11(6)23-8-5-9(14(16,17)18)19-12(20)10(8)13(21)22/h2-5H,1H3,(H,19,20)(H,21,22). The lowest BCUT2D eigenvalue weighted by Gasteiger charge is -2.13. The first kappa shape index (κ1) is 17.8. The van der Waals surface area contributed by atoms with Crippen molar-refractivity contribution in [3.63, 3.8) is 0 Å². The van der Waals surface area contributed by atoms with E-state index in [1.54, 1.807) is 30.1 Å². The van der Waals surface area contributed by atoms with Crippen LogP contribution < -0.4 is 5.56 Å². The molecular formula is C14H9Cl2F2NO3S. The Hall–Kier alpha value is -1.57. The number of aromatic carboxylic acids is 1. The Kier molecular flexibility index (Phi) is 5.03. The minimum absolute atomic E-state index is 0.173. The summed E-state index contributed by atoms with van der Waals surface area (Å²) in [6.45, 7) is 1.72. The van der Waals surface area contributed by atoms with Gasteiger partial charge in [-0.3, -0.25) is 4.79 Å². The summed E-state index contributed by atoms with van der Waals surface area (Å²) < 4.78 is 26.5. The number of aromatic amines is 1. The highest BCUT2D eigenvalue weighted by molar-refractivity contribution is 7.99. The van der Waals surface area contributed by atoms with Gasteiger partial charge in [0.1, 0.15) is 11.3 Å². The fraction of sp³-hybridized carbons (Fsp3) is 0.143. The molecule has 0 unspecified atom stereocenters. The summed E-state index contributed by atoms with van der Waals surface area (Å²) in [5.74, 6) is -1.54. The van der Waals surface area contributed by atoms with Gasteiger partial charge in [0.25, 0.3) is 5.56 Å². The molecule has 23 heavy (non-hydrogen) atoms. The van der Waals surface area contributed by atoms with Gasteiger partial charge < -0.3 is 10.1 Å². The minimum atomic E-state index is -3.83. The molecule has 0 saturated carbocycles. The number of H-pyrrole nitrogens is 1. The molecule has 2 aromatic rings. The number of aromatic nitrogens is 1. The SMILES string of the molecule is Cc1cccc(Cl)c1Sc1cc(C(F)(F)Cl)[nH]c(=O)c1C(=O)O. The van der Waals surface area contributed by atoms with Crippen molar-refractivity contribution in [2.75, 3.05) is 0 Å². The molecule has 2 rings (SSSR count). The van der Waals surface area contributed by atoms with Crippen LogP contribution in [0.25, 0.3) is 0 Å². The highest BCUT2D eigenvalue weighted by Gasteiger charge is 2.32. The summed E-state index contributed by atoms with van der Waals surface area (Å²) in [6.07, 6.45) is 0. The zero-order chi connectivity index (χ0) is 17.4. The Morgan fingerprint density at radius 3 is 2.57 bits per heavy atom. The first-order chi connectivity index (χ1) is 10.6. The van der Waals surface area contributed by atoms with Crippen LogP contribution in [0.4, 0.5) is 8.78 Å². The van der Waals surface area contributed by atoms with Crippen molar-refractivity contribution in [3.05, 3.63) is 56.5 Å². The third-order valence-electron chi connectivity index (χ3n) is 2.89. The van der Waals surface area contributed by atoms with Gasteiger partial charge in [-0.2, -0.15) is 8.78 Å². The van der Waals surface area contributed by atoms with Gasteiger partial charge in [-0.05, 0) is 36.2 Å². The lowest BCUT2D eigenvalue weighted by molar-refractivity contribution is 0.0686. The number of nitrogens with one attached hydrogen (secondary N) is 1. The van der Waals surface area contributed by atoms with E-state index < -0.39 is 28.2 Å². The third kappa shape index (κ3) is 3.85. The van der Waals surface area contributed by atoms with Crippen LogP contribution in [0, 0.1) is 6.92 Å². The van der Waals surface area contributed by atoms with Gasteiger partial charge in [-0.25, -0.2) is 4.79 Å². The second-order valence-corrected chi connectivity index (χ2v) is 6.48. The fourth-order valence-electron chi connectivity index (χ4n) is 1.83. The first-order valence-electron chi connectivity index (χ1n) is 6.12. The number of halogens is 4. The summed E-state index contributed by atoms with van der Waals surface area (Å²) in [5, 5.41) is 5.65. The molecule has 0 spiro atoms. The Morgan fingerprint density at radius 1 is 1.39 bits per heavy atom. The second-order valence-electron chi connectivity index (χ2n) is 4.54. The molecule has 9 heteroatoms. The second kappa shape index (κ2) is 6.51. The van der Waals surface area contributed by atoms with Crippen LogP contribution in [0.5, 0.6) is 0 Å². The number of pyridine rings is 1. The predicted octanol–water partition coefficient (Wildman–Crippen LogP) is 4.47. The smallest absolute Gasteiger partial charge is 0.362 e. The van der Waals surface area contributed by atoms with E-state index in [0.717, 1.165) is 17.8 Å². The molecule has 0 saturated heterocycles. The molecule has 0 bridgehead atoms. The third-order valence-corrected chi connectivity index (χ3v) is 4.81. The molecule has 0 amide bonds. The van der Waals surface area contributed by atoms with Crippen LogP contribution in [0.1, 0.15) is 21.6 Å². The highest BCUT2D eigenvalue weighted by atomic mass is 35.5. The van der Waals surface area contributed by atoms with Crippen LogP contribution in [-0.4, -0.2) is 16.1 Å². The van der Waals surface area contributed by atoms with E-state index in [1.165, 1.54) is 0 Å². The van der Waals surface area contributed by atoms with Gasteiger partial charge in [0.05, 0.1) is 5.02 Å². The highest BCUT2D eigenvalue weighted by Crippen LogP contribution is 2.39. The fourth-order valence-corrected chi connectivity index (χ4v) is 3.34. The molecule has 0 aliphatic rings. The van der Waals surface area contributed by atoms with E-state index in [1.807, 2.05) is 0 Å². The van der Waals surface area contributed by atoms with E-state index in [-0.39, 0.29) is 4.90 Å². The monoisotopic (exact) mass is 379 g/mol. The van der Waals surface area contributed by atoms with Gasteiger partial charge >= 0.3 is 11.4 Å². The average Bonchev–Trinajstić information content (AvgIpc) is 2.41. The molecule has 1 heterocycles. The Morgan fingerprint density at radius 2 is 2.04 bits per heavy atom. The molecule has 1 aromatic carbocycles. The molecule has 0 aliphatic heterocycles. The zero-order valence-electron chi connectivity index (χ0n) is 11.5. The van der Waals surface area contributed by atoms with Crippen molar-refractivity contribution in [1.82, 2.24) is 4.98 Å². The van der Waals surface area contributed by atoms with Crippen LogP contribution in [0.2, 0.25) is 5.02 Å². The summed E-state index contributed by atoms with van der Waals surface area (Å²) in [5.41, 5.74) is -2.00. The first-order valence-corrected chi connectivity index (χ1v) is 7.69. The largest absolute Gasteiger partial charge is 0.477 e. The Labute approximate surface area is 143 Å². The van der Waals surface area contributed by atoms with Gasteiger partial charge in [0, 0.05) is 9.79 Å². The lowest BCUT2D eigenvalue weighted by Crippen LogP contribution is -2.23. The van der Waals surface area contributed by atoms with Crippen LogP contribution in [0.15, 0.2) is 38.9 Å². The molecule has 0 atom stereocenters. The number of hydrogen-bond donors (Lipinski definition) is 2. The van der Waals surface area contributed by atoms with E-state index in [9.17, 15) is 18.4 Å². The Bertz CT molecular complexity index is 813. The van der Waals surface area contributed by atoms with Crippen molar-refractivity contribution < 1.29 is 18.7 Å². The summed E-state index contributed by atoms with van der Waals surface area (Å²) in [6, 6.07) is 5.82. The molecule has 2 N–H and O–H groups in total. The van der Waals surface area contributed by atoms with Crippen molar-refractivity contribution in [3.8, 4) is 0 Å². The van der Waals surface area contributed by atoms with E-state index in [4.69, 9.17) is 28.3 Å². The van der Waals surface area contributed by atoms with Gasteiger partial charge in [-0.15, -0.1) is 0 Å². The summed E-state index contributed by atoms with van der Waals surface area (Å²) in [4.78, 5) is 25.2. The van der Waals surface area contributed by atoms with E-state index >= 15 is 0 Å². The minimum Gasteiger partial charge on any atom is -0.477 e. The maximum Gasteiger partial charge on any atom is 0.362 e. The van der Waals surface area contributed by atoms with Crippen LogP contribution in [0.3, 0.4) is 0 Å². The quantitative estimate of drug-likeness (QED) is 0.768. The van der Waals surface area contributed by atoms with Crippen molar-refractivity contribution in [2.24, 2.45) is 0 Å². The lowest BCUT2D eigenvalue weighted by atomic mass is 10.2. The maximum atomic E-state index is 13.3. The molecule has 122 valence electrons. The number of alkyl halides is 3. The van der Waals surface area contributed by atoms with Gasteiger partial charge in [0.15, 0.2) is 0 Å². The maximum absolute atomic E-state index is 13.3. The predicted molar refractivity (Wildman–Crippen MR) is 84.1 cm³/mol. The number of hydrogen-bond acceptors (Lipinski definition) is 3. The van der Waals surface area contributed by atoms with Crippen molar-refractivity contribution in [1.29, 1.82) is 0 Å².